The summed E-state index contributed by atoms with van der Waals surface area (Å²) in [6, 6.07) is 11.2. The number of hydrogen-bond acceptors (Lipinski definition) is 3. The molecule has 17 heavy (non-hydrogen) atoms. The van der Waals surface area contributed by atoms with Crippen molar-refractivity contribution in [1.29, 1.82) is 0 Å². The number of ketones is 1. The van der Waals surface area contributed by atoms with E-state index in [9.17, 15) is 4.79 Å². The van der Waals surface area contributed by atoms with Crippen LogP contribution in [-0.4, -0.2) is 5.78 Å². The Kier molecular flexibility index (Phi) is 2.11. The molecule has 0 saturated carbocycles. The van der Waals surface area contributed by atoms with E-state index in [2.05, 4.69) is 0 Å². The quantitative estimate of drug-likeness (QED) is 0.622. The van der Waals surface area contributed by atoms with Crippen LogP contribution in [0.15, 0.2) is 51.5 Å². The van der Waals surface area contributed by atoms with E-state index in [0.29, 0.717) is 11.3 Å². The maximum absolute atomic E-state index is 11.2. The minimum Gasteiger partial charge on any atom is -0.464 e. The Balaban J connectivity index is 2.16. The van der Waals surface area contributed by atoms with Crippen LogP contribution >= 0.6 is 0 Å². The number of furan rings is 2. The number of benzene rings is 1. The largest absolute Gasteiger partial charge is 0.464 e. The second kappa shape index (κ2) is 3.63. The highest BCUT2D eigenvalue weighted by Gasteiger charge is 2.09. The third-order valence-electron chi connectivity index (χ3n) is 2.67. The average Bonchev–Trinajstić information content (AvgIpc) is 2.97. The van der Waals surface area contributed by atoms with Gasteiger partial charge in [0.2, 0.25) is 0 Å². The maximum atomic E-state index is 11.2. The number of fused-ring (bicyclic) bond motifs is 1. The molecule has 0 fully saturated rings. The van der Waals surface area contributed by atoms with Crippen molar-refractivity contribution >= 4 is 16.8 Å². The summed E-state index contributed by atoms with van der Waals surface area (Å²) in [4.78, 5) is 11.2. The van der Waals surface area contributed by atoms with Gasteiger partial charge in [-0.25, -0.2) is 0 Å². The highest BCUT2D eigenvalue weighted by atomic mass is 16.3. The van der Waals surface area contributed by atoms with E-state index in [-0.39, 0.29) is 5.78 Å². The lowest BCUT2D eigenvalue weighted by molar-refractivity contribution is 0.0989. The van der Waals surface area contributed by atoms with E-state index in [0.717, 1.165) is 16.7 Å². The second-order valence-electron chi connectivity index (χ2n) is 3.90. The van der Waals surface area contributed by atoms with Crippen LogP contribution in [0, 0.1) is 0 Å². The zero-order valence-corrected chi connectivity index (χ0v) is 9.27. The molecule has 3 nitrogen and oxygen atoms in total. The Morgan fingerprint density at radius 3 is 2.76 bits per heavy atom. The Morgan fingerprint density at radius 2 is 2.06 bits per heavy atom. The molecular formula is C14H10O3. The Bertz CT molecular complexity index is 675. The molecule has 2 heterocycles. The van der Waals surface area contributed by atoms with E-state index in [4.69, 9.17) is 8.83 Å². The summed E-state index contributed by atoms with van der Waals surface area (Å²) in [5.74, 6) is 1.12. The third-order valence-corrected chi connectivity index (χ3v) is 2.67. The van der Waals surface area contributed by atoms with Crippen molar-refractivity contribution in [3.05, 3.63) is 48.4 Å². The summed E-state index contributed by atoms with van der Waals surface area (Å²) in [5, 5.41) is 0.907. The van der Waals surface area contributed by atoms with Crippen LogP contribution < -0.4 is 0 Å². The predicted molar refractivity (Wildman–Crippen MR) is 63.9 cm³/mol. The standard InChI is InChI=1S/C14H10O3/c1-9(15)14-8-11-7-10(4-5-13(11)17-14)12-3-2-6-16-12/h2-8H,1H3. The number of Topliss-reactive ketones (excluding diaryl/α,β-unsaturated/α-hetero) is 1. The molecule has 0 bridgehead atoms. The Hall–Kier alpha value is -2.29. The van der Waals surface area contributed by atoms with Gasteiger partial charge in [-0.1, -0.05) is 0 Å². The summed E-state index contributed by atoms with van der Waals surface area (Å²) in [6.45, 7) is 1.49. The highest BCUT2D eigenvalue weighted by Crippen LogP contribution is 2.27. The third kappa shape index (κ3) is 1.65. The molecule has 0 radical (unpaired) electrons. The monoisotopic (exact) mass is 226 g/mol. The number of rotatable bonds is 2. The van der Waals surface area contributed by atoms with Gasteiger partial charge in [-0.05, 0) is 36.4 Å². The van der Waals surface area contributed by atoms with Crippen molar-refractivity contribution < 1.29 is 13.6 Å². The summed E-state index contributed by atoms with van der Waals surface area (Å²) >= 11 is 0. The van der Waals surface area contributed by atoms with Gasteiger partial charge in [0.1, 0.15) is 11.3 Å². The molecule has 3 heteroatoms. The van der Waals surface area contributed by atoms with Crippen LogP contribution in [0.4, 0.5) is 0 Å². The first-order valence-electron chi connectivity index (χ1n) is 5.32. The second-order valence-corrected chi connectivity index (χ2v) is 3.90. The lowest BCUT2D eigenvalue weighted by atomic mass is 10.1. The molecule has 3 rings (SSSR count). The molecule has 3 aromatic rings. The molecule has 0 amide bonds. The van der Waals surface area contributed by atoms with E-state index in [1.807, 2.05) is 30.3 Å². The summed E-state index contributed by atoms with van der Waals surface area (Å²) in [7, 11) is 0. The summed E-state index contributed by atoms with van der Waals surface area (Å²) < 4.78 is 10.7. The molecule has 0 unspecified atom stereocenters. The topological polar surface area (TPSA) is 43.4 Å². The molecule has 2 aromatic heterocycles. The number of carbonyl (C=O) groups excluding carboxylic acids is 1. The fourth-order valence-corrected chi connectivity index (χ4v) is 1.81. The molecule has 0 aliphatic rings. The van der Waals surface area contributed by atoms with Gasteiger partial charge >= 0.3 is 0 Å². The SMILES string of the molecule is CC(=O)c1cc2cc(-c3ccco3)ccc2o1. The first-order chi connectivity index (χ1) is 8.24. The molecule has 0 aliphatic heterocycles. The van der Waals surface area contributed by atoms with Crippen molar-refractivity contribution in [2.45, 2.75) is 6.92 Å². The van der Waals surface area contributed by atoms with Crippen LogP contribution in [0.5, 0.6) is 0 Å². The van der Waals surface area contributed by atoms with E-state index >= 15 is 0 Å². The van der Waals surface area contributed by atoms with E-state index < -0.39 is 0 Å². The van der Waals surface area contributed by atoms with Crippen LogP contribution in [0.25, 0.3) is 22.3 Å². The lowest BCUT2D eigenvalue weighted by Gasteiger charge is -1.95. The predicted octanol–water partition coefficient (Wildman–Crippen LogP) is 3.90. The van der Waals surface area contributed by atoms with Crippen LogP contribution in [0.2, 0.25) is 0 Å². The smallest absolute Gasteiger partial charge is 0.194 e. The molecule has 0 atom stereocenters. The first kappa shape index (κ1) is 9.90. The molecule has 0 N–H and O–H groups in total. The van der Waals surface area contributed by atoms with Crippen LogP contribution in [-0.2, 0) is 0 Å². The van der Waals surface area contributed by atoms with Crippen molar-refractivity contribution in [1.82, 2.24) is 0 Å². The average molecular weight is 226 g/mol. The maximum Gasteiger partial charge on any atom is 0.194 e. The van der Waals surface area contributed by atoms with Gasteiger partial charge in [-0.3, -0.25) is 4.79 Å². The van der Waals surface area contributed by atoms with E-state index in [1.54, 1.807) is 12.3 Å². The normalized spacial score (nSPS) is 10.9. The molecule has 1 aromatic carbocycles. The molecule has 0 aliphatic carbocycles. The van der Waals surface area contributed by atoms with Gasteiger partial charge in [0.15, 0.2) is 11.5 Å². The number of carbonyl (C=O) groups is 1. The summed E-state index contributed by atoms with van der Waals surface area (Å²) in [6.07, 6.45) is 1.63. The molecule has 84 valence electrons. The minimum atomic E-state index is -0.0688. The lowest BCUT2D eigenvalue weighted by Crippen LogP contribution is -1.85. The first-order valence-corrected chi connectivity index (χ1v) is 5.32. The molecular weight excluding hydrogens is 216 g/mol. The zero-order valence-electron chi connectivity index (χ0n) is 9.27. The van der Waals surface area contributed by atoms with Crippen molar-refractivity contribution in [3.8, 4) is 11.3 Å². The number of hydrogen-bond donors (Lipinski definition) is 0. The Labute approximate surface area is 97.7 Å². The van der Waals surface area contributed by atoms with Gasteiger partial charge in [-0.15, -0.1) is 0 Å². The van der Waals surface area contributed by atoms with Gasteiger partial charge in [0, 0.05) is 17.9 Å². The van der Waals surface area contributed by atoms with Gasteiger partial charge in [-0.2, -0.15) is 0 Å². The van der Waals surface area contributed by atoms with Crippen molar-refractivity contribution in [2.75, 3.05) is 0 Å². The Morgan fingerprint density at radius 1 is 1.18 bits per heavy atom. The van der Waals surface area contributed by atoms with E-state index in [1.165, 1.54) is 6.92 Å². The van der Waals surface area contributed by atoms with Crippen LogP contribution in [0.3, 0.4) is 0 Å². The van der Waals surface area contributed by atoms with Gasteiger partial charge in [0.25, 0.3) is 0 Å². The molecule has 0 saturated heterocycles. The minimum absolute atomic E-state index is 0.0688. The fourth-order valence-electron chi connectivity index (χ4n) is 1.81. The fraction of sp³-hybridized carbons (Fsp3) is 0.0714. The highest BCUT2D eigenvalue weighted by molar-refractivity contribution is 5.96. The van der Waals surface area contributed by atoms with Gasteiger partial charge < -0.3 is 8.83 Å². The molecule has 0 spiro atoms. The van der Waals surface area contributed by atoms with Crippen molar-refractivity contribution in [2.24, 2.45) is 0 Å². The van der Waals surface area contributed by atoms with Gasteiger partial charge in [0.05, 0.1) is 6.26 Å². The van der Waals surface area contributed by atoms with Crippen LogP contribution in [0.1, 0.15) is 17.5 Å². The summed E-state index contributed by atoms with van der Waals surface area (Å²) in [5.41, 5.74) is 1.68. The zero-order chi connectivity index (χ0) is 11.8. The van der Waals surface area contributed by atoms with Crippen molar-refractivity contribution in [3.63, 3.8) is 0 Å².